The molecule has 8 heteroatoms. The molecule has 38 heavy (non-hydrogen) atoms. The molecule has 0 aliphatic carbocycles. The minimum atomic E-state index is -0.973. The van der Waals surface area contributed by atoms with Crippen LogP contribution in [0.3, 0.4) is 0 Å². The lowest BCUT2D eigenvalue weighted by molar-refractivity contribution is -0.137. The molecule has 0 aliphatic rings. The van der Waals surface area contributed by atoms with Crippen molar-refractivity contribution in [2.75, 3.05) is 0 Å². The van der Waals surface area contributed by atoms with Gasteiger partial charge in [0, 0.05) is 30.2 Å². The summed E-state index contributed by atoms with van der Waals surface area (Å²) in [5.74, 6) is -1.46. The number of carbonyl (C=O) groups is 2. The number of aromatic nitrogens is 3. The van der Waals surface area contributed by atoms with Crippen LogP contribution >= 0.6 is 0 Å². The molecule has 2 aromatic heterocycles. The molecule has 0 saturated heterocycles. The molecule has 4 rings (SSSR count). The number of aryl methyl sites for hydroxylation is 3. The van der Waals surface area contributed by atoms with Crippen LogP contribution in [-0.4, -0.2) is 36.3 Å². The molecule has 0 spiro atoms. The SMILES string of the molecule is CCC[C@@H](CC(=O)O)n1c(=O)n(Cc2cn(C)c3cc(C)cc(C)c23)c2ccc(C(=O)OC(C)(C)C)cc21. The van der Waals surface area contributed by atoms with Gasteiger partial charge in [-0.1, -0.05) is 19.4 Å². The van der Waals surface area contributed by atoms with Crippen LogP contribution in [0.15, 0.2) is 41.3 Å². The predicted octanol–water partition coefficient (Wildman–Crippen LogP) is 5.73. The van der Waals surface area contributed by atoms with Gasteiger partial charge in [0.2, 0.25) is 0 Å². The quantitative estimate of drug-likeness (QED) is 0.300. The third kappa shape index (κ3) is 5.26. The minimum absolute atomic E-state index is 0.184. The topological polar surface area (TPSA) is 95.5 Å². The van der Waals surface area contributed by atoms with Crippen LogP contribution in [0.25, 0.3) is 21.9 Å². The highest BCUT2D eigenvalue weighted by Crippen LogP contribution is 2.29. The van der Waals surface area contributed by atoms with E-state index in [9.17, 15) is 19.5 Å². The normalized spacial score (nSPS) is 12.8. The van der Waals surface area contributed by atoms with Gasteiger partial charge >= 0.3 is 17.6 Å². The summed E-state index contributed by atoms with van der Waals surface area (Å²) in [7, 11) is 1.99. The van der Waals surface area contributed by atoms with Crippen molar-refractivity contribution >= 4 is 33.9 Å². The number of carboxylic acid groups (broad SMARTS) is 1. The highest BCUT2D eigenvalue weighted by atomic mass is 16.6. The molecule has 2 aromatic carbocycles. The number of ether oxygens (including phenoxy) is 1. The lowest BCUT2D eigenvalue weighted by atomic mass is 10.0. The Bertz CT molecular complexity index is 1600. The Kier molecular flexibility index (Phi) is 7.28. The van der Waals surface area contributed by atoms with E-state index in [0.29, 0.717) is 36.0 Å². The molecule has 202 valence electrons. The lowest BCUT2D eigenvalue weighted by Gasteiger charge is -2.20. The lowest BCUT2D eigenvalue weighted by Crippen LogP contribution is -2.29. The minimum Gasteiger partial charge on any atom is -0.481 e. The van der Waals surface area contributed by atoms with Gasteiger partial charge in [0.15, 0.2) is 0 Å². The Balaban J connectivity index is 1.93. The van der Waals surface area contributed by atoms with Gasteiger partial charge in [0.25, 0.3) is 0 Å². The molecule has 0 aliphatic heterocycles. The molecule has 0 amide bonds. The molecule has 0 bridgehead atoms. The van der Waals surface area contributed by atoms with Crippen LogP contribution < -0.4 is 5.69 Å². The first-order valence-electron chi connectivity index (χ1n) is 13.1. The number of hydrogen-bond acceptors (Lipinski definition) is 4. The fourth-order valence-corrected chi connectivity index (χ4v) is 5.41. The number of aliphatic carboxylic acids is 1. The highest BCUT2D eigenvalue weighted by molar-refractivity contribution is 5.94. The summed E-state index contributed by atoms with van der Waals surface area (Å²) >= 11 is 0. The van der Waals surface area contributed by atoms with Crippen LogP contribution in [0.5, 0.6) is 0 Å². The van der Waals surface area contributed by atoms with Gasteiger partial charge in [0.05, 0.1) is 29.6 Å². The maximum atomic E-state index is 14.0. The van der Waals surface area contributed by atoms with Crippen molar-refractivity contribution in [3.05, 3.63) is 69.3 Å². The number of nitrogens with zero attached hydrogens (tertiary/aromatic N) is 3. The number of fused-ring (bicyclic) bond motifs is 2. The Labute approximate surface area is 222 Å². The summed E-state index contributed by atoms with van der Waals surface area (Å²) in [5.41, 5.74) is 4.94. The number of carbonyl (C=O) groups excluding carboxylic acids is 1. The number of benzene rings is 2. The average molecular weight is 520 g/mol. The molecule has 0 unspecified atom stereocenters. The van der Waals surface area contributed by atoms with Gasteiger partial charge in [-0.3, -0.25) is 13.9 Å². The fourth-order valence-electron chi connectivity index (χ4n) is 5.41. The summed E-state index contributed by atoms with van der Waals surface area (Å²) < 4.78 is 10.9. The zero-order valence-corrected chi connectivity index (χ0v) is 23.3. The molecular formula is C30H37N3O5. The fraction of sp³-hybridized carbons (Fsp3) is 0.433. The molecule has 0 fully saturated rings. The third-order valence-corrected chi connectivity index (χ3v) is 6.83. The van der Waals surface area contributed by atoms with E-state index >= 15 is 0 Å². The second kappa shape index (κ2) is 10.2. The van der Waals surface area contributed by atoms with Crippen molar-refractivity contribution in [2.45, 2.75) is 79.0 Å². The van der Waals surface area contributed by atoms with E-state index in [-0.39, 0.29) is 12.1 Å². The monoisotopic (exact) mass is 519 g/mol. The average Bonchev–Trinajstić information content (AvgIpc) is 3.25. The molecule has 0 saturated carbocycles. The van der Waals surface area contributed by atoms with E-state index in [1.165, 1.54) is 5.56 Å². The van der Waals surface area contributed by atoms with Crippen molar-refractivity contribution in [3.63, 3.8) is 0 Å². The van der Waals surface area contributed by atoms with Crippen LogP contribution in [-0.2, 0) is 23.1 Å². The maximum Gasteiger partial charge on any atom is 0.338 e. The summed E-state index contributed by atoms with van der Waals surface area (Å²) in [5, 5.41) is 10.7. The van der Waals surface area contributed by atoms with Gasteiger partial charge in [0.1, 0.15) is 5.60 Å². The van der Waals surface area contributed by atoms with E-state index in [1.54, 1.807) is 48.1 Å². The third-order valence-electron chi connectivity index (χ3n) is 6.83. The first-order valence-corrected chi connectivity index (χ1v) is 13.1. The van der Waals surface area contributed by atoms with E-state index in [0.717, 1.165) is 22.0 Å². The zero-order chi connectivity index (χ0) is 27.9. The first-order chi connectivity index (χ1) is 17.8. The van der Waals surface area contributed by atoms with Crippen molar-refractivity contribution in [2.24, 2.45) is 7.05 Å². The van der Waals surface area contributed by atoms with Crippen LogP contribution in [0.2, 0.25) is 0 Å². The molecule has 1 N–H and O–H groups in total. The number of rotatable bonds is 8. The number of carboxylic acids is 1. The Morgan fingerprint density at radius 2 is 1.76 bits per heavy atom. The second-order valence-electron chi connectivity index (χ2n) is 11.2. The Morgan fingerprint density at radius 3 is 2.39 bits per heavy atom. The van der Waals surface area contributed by atoms with Crippen LogP contribution in [0.1, 0.15) is 80.0 Å². The summed E-state index contributed by atoms with van der Waals surface area (Å²) in [4.78, 5) is 38.6. The van der Waals surface area contributed by atoms with E-state index < -0.39 is 23.6 Å². The zero-order valence-electron chi connectivity index (χ0n) is 23.3. The van der Waals surface area contributed by atoms with Gasteiger partial charge in [-0.05, 0) is 82.0 Å². The predicted molar refractivity (Wildman–Crippen MR) is 149 cm³/mol. The first kappa shape index (κ1) is 27.2. The molecule has 1 atom stereocenters. The number of imidazole rings is 1. The molecular weight excluding hydrogens is 482 g/mol. The molecule has 4 aromatic rings. The van der Waals surface area contributed by atoms with Gasteiger partial charge in [-0.25, -0.2) is 9.59 Å². The standard InChI is InChI=1S/C30H37N3O5/c1-8-9-22(15-26(34)35)33-24-14-20(28(36)38-30(4,5)6)10-11-23(24)32(29(33)37)17-21-16-31(7)25-13-18(2)12-19(3)27(21)25/h10-14,16,22H,8-9,15,17H2,1-7H3,(H,34,35)/t22-/m0/s1. The van der Waals surface area contributed by atoms with E-state index in [1.807, 2.05) is 20.2 Å². The summed E-state index contributed by atoms with van der Waals surface area (Å²) in [6.45, 7) is 11.8. The smallest absolute Gasteiger partial charge is 0.338 e. The molecule has 2 heterocycles. The molecule has 0 radical (unpaired) electrons. The van der Waals surface area contributed by atoms with Gasteiger partial charge < -0.3 is 14.4 Å². The summed E-state index contributed by atoms with van der Waals surface area (Å²) in [6, 6.07) is 8.81. The van der Waals surface area contributed by atoms with Crippen molar-refractivity contribution < 1.29 is 19.4 Å². The number of esters is 1. The Morgan fingerprint density at radius 1 is 1.05 bits per heavy atom. The largest absolute Gasteiger partial charge is 0.481 e. The van der Waals surface area contributed by atoms with Crippen molar-refractivity contribution in [3.8, 4) is 0 Å². The summed E-state index contributed by atoms with van der Waals surface area (Å²) in [6.07, 6.45) is 3.10. The van der Waals surface area contributed by atoms with Crippen LogP contribution in [0, 0.1) is 13.8 Å². The van der Waals surface area contributed by atoms with Gasteiger partial charge in [-0.2, -0.15) is 0 Å². The maximum absolute atomic E-state index is 14.0. The Hall–Kier alpha value is -3.81. The number of hydrogen-bond donors (Lipinski definition) is 1. The van der Waals surface area contributed by atoms with E-state index in [4.69, 9.17) is 4.74 Å². The molecule has 8 nitrogen and oxygen atoms in total. The highest BCUT2D eigenvalue weighted by Gasteiger charge is 2.25. The van der Waals surface area contributed by atoms with Crippen LogP contribution in [0.4, 0.5) is 0 Å². The second-order valence-corrected chi connectivity index (χ2v) is 11.2. The van der Waals surface area contributed by atoms with Crippen molar-refractivity contribution in [1.82, 2.24) is 13.7 Å². The van der Waals surface area contributed by atoms with Gasteiger partial charge in [-0.15, -0.1) is 0 Å². The van der Waals surface area contributed by atoms with Crippen molar-refractivity contribution in [1.29, 1.82) is 0 Å². The van der Waals surface area contributed by atoms with E-state index in [2.05, 4.69) is 30.5 Å².